The number of halogens is 2. The van der Waals surface area contributed by atoms with Gasteiger partial charge in [-0.2, -0.15) is 0 Å². The van der Waals surface area contributed by atoms with Gasteiger partial charge in [0.05, 0.1) is 16.5 Å². The Hall–Kier alpha value is -2.04. The highest BCUT2D eigenvalue weighted by Gasteiger charge is 2.26. The van der Waals surface area contributed by atoms with Gasteiger partial charge in [-0.05, 0) is 42.7 Å². The van der Waals surface area contributed by atoms with Gasteiger partial charge in [0.25, 0.3) is 0 Å². The number of hydrogen-bond acceptors (Lipinski definition) is 2. The van der Waals surface area contributed by atoms with Crippen LogP contribution in [0, 0.1) is 6.92 Å². The fourth-order valence-electron chi connectivity index (χ4n) is 2.69. The van der Waals surface area contributed by atoms with Crippen molar-refractivity contribution in [1.29, 1.82) is 0 Å². The zero-order chi connectivity index (χ0) is 19.3. The summed E-state index contributed by atoms with van der Waals surface area (Å²) in [6.45, 7) is 4.08. The predicted octanol–water partition coefficient (Wildman–Crippen LogP) is 4.01. The Bertz CT molecular complexity index is 808. The number of carbonyl (C=O) groups is 2. The average Bonchev–Trinajstić information content (AvgIpc) is 2.62. The first-order chi connectivity index (χ1) is 12.3. The number of hydrogen-bond donors (Lipinski definition) is 1. The normalized spacial score (nSPS) is 11.7. The molecule has 0 spiro atoms. The molecule has 2 aromatic carbocycles. The molecule has 2 amide bonds. The quantitative estimate of drug-likeness (QED) is 0.806. The molecule has 0 aromatic heterocycles. The van der Waals surface area contributed by atoms with Gasteiger partial charge in [0, 0.05) is 13.6 Å². The van der Waals surface area contributed by atoms with Gasteiger partial charge >= 0.3 is 0 Å². The number of carbonyl (C=O) groups excluding carboxylic acids is 2. The van der Waals surface area contributed by atoms with E-state index < -0.39 is 6.04 Å². The molecular weight excluding hydrogens is 371 g/mol. The average molecular weight is 393 g/mol. The van der Waals surface area contributed by atoms with Crippen LogP contribution in [0.1, 0.15) is 23.6 Å². The van der Waals surface area contributed by atoms with Crippen molar-refractivity contribution >= 4 is 35.0 Å². The van der Waals surface area contributed by atoms with Gasteiger partial charge < -0.3 is 10.2 Å². The number of amides is 2. The van der Waals surface area contributed by atoms with Crippen LogP contribution in [0.4, 0.5) is 0 Å². The summed E-state index contributed by atoms with van der Waals surface area (Å²) in [6.07, 6.45) is 0.143. The summed E-state index contributed by atoms with van der Waals surface area (Å²) in [6, 6.07) is 12.3. The summed E-state index contributed by atoms with van der Waals surface area (Å²) in [5.41, 5.74) is 2.83. The fraction of sp³-hybridized carbons (Fsp3) is 0.300. The molecule has 26 heavy (non-hydrogen) atoms. The molecule has 2 aromatic rings. The van der Waals surface area contributed by atoms with Gasteiger partial charge in [-0.1, -0.05) is 53.5 Å². The van der Waals surface area contributed by atoms with E-state index in [1.54, 1.807) is 37.1 Å². The molecule has 0 aliphatic carbocycles. The topological polar surface area (TPSA) is 49.4 Å². The van der Waals surface area contributed by atoms with Gasteiger partial charge in [-0.15, -0.1) is 0 Å². The third-order valence-electron chi connectivity index (χ3n) is 4.36. The van der Waals surface area contributed by atoms with Crippen molar-refractivity contribution in [1.82, 2.24) is 10.2 Å². The molecule has 1 N–H and O–H groups in total. The van der Waals surface area contributed by atoms with Gasteiger partial charge in [0.15, 0.2) is 0 Å². The molecule has 6 heteroatoms. The van der Waals surface area contributed by atoms with Crippen LogP contribution in [0.2, 0.25) is 10.0 Å². The number of benzene rings is 2. The van der Waals surface area contributed by atoms with E-state index in [0.717, 1.165) is 16.7 Å². The standard InChI is InChI=1S/C20H22Cl2N2O2/c1-13-6-4-5-7-16(13)12-24(14(2)20(26)23-3)19(25)11-15-8-9-17(21)18(22)10-15/h4-10,14H,11-12H2,1-3H3,(H,23,26)/t14-/m1/s1. The Morgan fingerprint density at radius 1 is 1.12 bits per heavy atom. The molecule has 1 atom stereocenters. The Morgan fingerprint density at radius 3 is 2.42 bits per heavy atom. The number of rotatable bonds is 6. The van der Waals surface area contributed by atoms with Crippen LogP contribution in [0.3, 0.4) is 0 Å². The molecule has 0 bridgehead atoms. The van der Waals surface area contributed by atoms with Crippen LogP contribution in [-0.4, -0.2) is 29.8 Å². The third kappa shape index (κ3) is 4.99. The maximum absolute atomic E-state index is 13.0. The van der Waals surface area contributed by atoms with Gasteiger partial charge in [0.1, 0.15) is 6.04 Å². The van der Waals surface area contributed by atoms with Crippen molar-refractivity contribution in [3.63, 3.8) is 0 Å². The van der Waals surface area contributed by atoms with E-state index in [1.165, 1.54) is 0 Å². The Balaban J connectivity index is 2.26. The van der Waals surface area contributed by atoms with Crippen molar-refractivity contribution in [2.24, 2.45) is 0 Å². The van der Waals surface area contributed by atoms with E-state index >= 15 is 0 Å². The number of nitrogens with one attached hydrogen (secondary N) is 1. The van der Waals surface area contributed by atoms with Gasteiger partial charge in [0.2, 0.25) is 11.8 Å². The summed E-state index contributed by atoms with van der Waals surface area (Å²) >= 11 is 12.0. The molecule has 4 nitrogen and oxygen atoms in total. The minimum Gasteiger partial charge on any atom is -0.357 e. The van der Waals surface area contributed by atoms with Crippen LogP contribution in [0.5, 0.6) is 0 Å². The first kappa shape index (κ1) is 20.3. The van der Waals surface area contributed by atoms with E-state index in [1.807, 2.05) is 31.2 Å². The second kappa shape index (κ2) is 9.06. The highest BCUT2D eigenvalue weighted by atomic mass is 35.5. The molecule has 138 valence electrons. The summed E-state index contributed by atoms with van der Waals surface area (Å²) < 4.78 is 0. The molecule has 0 saturated carbocycles. The molecule has 0 radical (unpaired) electrons. The lowest BCUT2D eigenvalue weighted by Gasteiger charge is -2.29. The minimum absolute atomic E-state index is 0.143. The molecule has 0 aliphatic heterocycles. The molecule has 0 heterocycles. The maximum Gasteiger partial charge on any atom is 0.242 e. The van der Waals surface area contributed by atoms with E-state index in [2.05, 4.69) is 5.32 Å². The maximum atomic E-state index is 13.0. The summed E-state index contributed by atoms with van der Waals surface area (Å²) in [4.78, 5) is 26.7. The highest BCUT2D eigenvalue weighted by Crippen LogP contribution is 2.23. The second-order valence-electron chi connectivity index (χ2n) is 6.16. The molecular formula is C20H22Cl2N2O2. The lowest BCUT2D eigenvalue weighted by atomic mass is 10.1. The van der Waals surface area contributed by atoms with Crippen molar-refractivity contribution in [2.45, 2.75) is 32.9 Å². The summed E-state index contributed by atoms with van der Waals surface area (Å²) in [5.74, 6) is -0.358. The first-order valence-corrected chi connectivity index (χ1v) is 9.08. The van der Waals surface area contributed by atoms with E-state index in [4.69, 9.17) is 23.2 Å². The van der Waals surface area contributed by atoms with Crippen molar-refractivity contribution < 1.29 is 9.59 Å². The van der Waals surface area contributed by atoms with Crippen LogP contribution in [0.15, 0.2) is 42.5 Å². The summed E-state index contributed by atoms with van der Waals surface area (Å²) in [5, 5.41) is 3.46. The number of aryl methyl sites for hydroxylation is 1. The van der Waals surface area contributed by atoms with Crippen LogP contribution >= 0.6 is 23.2 Å². The zero-order valence-corrected chi connectivity index (χ0v) is 16.6. The summed E-state index contributed by atoms with van der Waals surface area (Å²) in [7, 11) is 1.56. The van der Waals surface area contributed by atoms with E-state index in [0.29, 0.717) is 16.6 Å². The molecule has 0 fully saturated rings. The van der Waals surface area contributed by atoms with Gasteiger partial charge in [-0.3, -0.25) is 9.59 Å². The van der Waals surface area contributed by atoms with E-state index in [9.17, 15) is 9.59 Å². The zero-order valence-electron chi connectivity index (χ0n) is 15.1. The minimum atomic E-state index is -0.588. The predicted molar refractivity (Wildman–Crippen MR) is 105 cm³/mol. The van der Waals surface area contributed by atoms with E-state index in [-0.39, 0.29) is 18.2 Å². The molecule has 0 saturated heterocycles. The SMILES string of the molecule is CNC(=O)[C@@H](C)N(Cc1ccccc1C)C(=O)Cc1ccc(Cl)c(Cl)c1. The van der Waals surface area contributed by atoms with Crippen molar-refractivity contribution in [2.75, 3.05) is 7.05 Å². The Labute approximate surface area is 164 Å². The van der Waals surface area contributed by atoms with Gasteiger partial charge in [-0.25, -0.2) is 0 Å². The number of likely N-dealkylation sites (N-methyl/N-ethyl adjacent to an activating group) is 1. The van der Waals surface area contributed by atoms with Crippen LogP contribution in [0.25, 0.3) is 0 Å². The molecule has 0 aliphatic rings. The highest BCUT2D eigenvalue weighted by molar-refractivity contribution is 6.42. The van der Waals surface area contributed by atoms with Crippen molar-refractivity contribution in [3.8, 4) is 0 Å². The molecule has 0 unspecified atom stereocenters. The van der Waals surface area contributed by atoms with Crippen molar-refractivity contribution in [3.05, 3.63) is 69.2 Å². The Morgan fingerprint density at radius 2 is 1.81 bits per heavy atom. The van der Waals surface area contributed by atoms with Crippen LogP contribution < -0.4 is 5.32 Å². The smallest absolute Gasteiger partial charge is 0.242 e. The van der Waals surface area contributed by atoms with Crippen LogP contribution in [-0.2, 0) is 22.6 Å². The fourth-order valence-corrected chi connectivity index (χ4v) is 3.01. The second-order valence-corrected chi connectivity index (χ2v) is 6.98. The first-order valence-electron chi connectivity index (χ1n) is 8.33. The monoisotopic (exact) mass is 392 g/mol. The largest absolute Gasteiger partial charge is 0.357 e. The lowest BCUT2D eigenvalue weighted by molar-refractivity contribution is -0.139. The number of nitrogens with zero attached hydrogens (tertiary/aromatic N) is 1. The lowest BCUT2D eigenvalue weighted by Crippen LogP contribution is -2.47. The Kier molecular flexibility index (Phi) is 7.06. The third-order valence-corrected chi connectivity index (χ3v) is 5.09. The molecule has 2 rings (SSSR count).